The number of alkyl halides is 5. The second-order valence-electron chi connectivity index (χ2n) is 5.38. The third-order valence-electron chi connectivity index (χ3n) is 3.48. The molecule has 0 unspecified atom stereocenters. The number of ketones is 1. The second kappa shape index (κ2) is 6.38. The standard InChI is InChI=1S/C16H7ClF6O2S/c17-7-3-8(18)5-9(4-7)25-11-1-2-12(26-16(21,22)23)13-10(11)6-15(19,20)14(13)24/h1-5H,6H2. The van der Waals surface area contributed by atoms with Crippen molar-refractivity contribution in [2.24, 2.45) is 0 Å². The van der Waals surface area contributed by atoms with E-state index in [0.29, 0.717) is 0 Å². The van der Waals surface area contributed by atoms with Crippen LogP contribution in [0.2, 0.25) is 5.02 Å². The van der Waals surface area contributed by atoms with Crippen molar-refractivity contribution in [3.8, 4) is 11.5 Å². The lowest BCUT2D eigenvalue weighted by molar-refractivity contribution is -0.0328. The van der Waals surface area contributed by atoms with Gasteiger partial charge in [-0.1, -0.05) is 11.6 Å². The van der Waals surface area contributed by atoms with Gasteiger partial charge in [0.05, 0.1) is 0 Å². The van der Waals surface area contributed by atoms with E-state index >= 15 is 0 Å². The molecule has 0 fully saturated rings. The molecule has 0 saturated heterocycles. The maximum atomic E-state index is 13.8. The predicted molar refractivity (Wildman–Crippen MR) is 82.8 cm³/mol. The van der Waals surface area contributed by atoms with Gasteiger partial charge in [-0.25, -0.2) is 4.39 Å². The van der Waals surface area contributed by atoms with Crippen molar-refractivity contribution >= 4 is 29.1 Å². The van der Waals surface area contributed by atoms with Crippen LogP contribution in [0.15, 0.2) is 35.2 Å². The molecule has 0 spiro atoms. The first-order chi connectivity index (χ1) is 12.0. The molecule has 2 aromatic rings. The van der Waals surface area contributed by atoms with Gasteiger partial charge in [0.1, 0.15) is 17.3 Å². The number of halogens is 7. The number of carbonyl (C=O) groups is 1. The molecule has 1 aliphatic rings. The molecule has 0 bridgehead atoms. The summed E-state index contributed by atoms with van der Waals surface area (Å²) in [4.78, 5) is 11.2. The highest BCUT2D eigenvalue weighted by molar-refractivity contribution is 8.00. The summed E-state index contributed by atoms with van der Waals surface area (Å²) in [5, 5.41) is -0.0256. The Morgan fingerprint density at radius 2 is 1.85 bits per heavy atom. The minimum atomic E-state index is -4.76. The molecule has 0 atom stereocenters. The maximum absolute atomic E-state index is 13.8. The van der Waals surface area contributed by atoms with E-state index in [1.807, 2.05) is 0 Å². The average Bonchev–Trinajstić information content (AvgIpc) is 2.70. The number of hydrogen-bond donors (Lipinski definition) is 0. The van der Waals surface area contributed by atoms with Gasteiger partial charge in [-0.3, -0.25) is 4.79 Å². The summed E-state index contributed by atoms with van der Waals surface area (Å²) < 4.78 is 84.2. The molecule has 0 aromatic heterocycles. The van der Waals surface area contributed by atoms with Crippen LogP contribution in [-0.4, -0.2) is 17.2 Å². The molecule has 0 aliphatic heterocycles. The van der Waals surface area contributed by atoms with Crippen molar-refractivity contribution in [2.75, 3.05) is 0 Å². The molecule has 0 N–H and O–H groups in total. The highest BCUT2D eigenvalue weighted by Gasteiger charge is 2.50. The predicted octanol–water partition coefficient (Wildman–Crippen LogP) is 6.26. The van der Waals surface area contributed by atoms with Crippen molar-refractivity contribution in [3.05, 3.63) is 52.3 Å². The molecule has 138 valence electrons. The molecule has 0 radical (unpaired) electrons. The number of benzene rings is 2. The summed E-state index contributed by atoms with van der Waals surface area (Å²) in [6.07, 6.45) is -1.11. The summed E-state index contributed by atoms with van der Waals surface area (Å²) in [5.74, 6) is -6.71. The monoisotopic (exact) mass is 412 g/mol. The molecule has 2 nitrogen and oxygen atoms in total. The van der Waals surface area contributed by atoms with Gasteiger partial charge in [0.25, 0.3) is 0 Å². The van der Waals surface area contributed by atoms with Crippen molar-refractivity contribution in [1.29, 1.82) is 0 Å². The molecule has 1 aliphatic carbocycles. The molecule has 3 rings (SSSR count). The zero-order valence-electron chi connectivity index (χ0n) is 12.5. The zero-order valence-corrected chi connectivity index (χ0v) is 14.0. The van der Waals surface area contributed by atoms with E-state index in [4.69, 9.17) is 16.3 Å². The van der Waals surface area contributed by atoms with Crippen molar-refractivity contribution < 1.29 is 35.9 Å². The maximum Gasteiger partial charge on any atom is 0.446 e. The number of carbonyl (C=O) groups excluding carboxylic acids is 1. The quantitative estimate of drug-likeness (QED) is 0.440. The summed E-state index contributed by atoms with van der Waals surface area (Å²) in [6, 6.07) is 5.00. The first kappa shape index (κ1) is 18.9. The van der Waals surface area contributed by atoms with E-state index in [-0.39, 0.29) is 22.1 Å². The van der Waals surface area contributed by atoms with Crippen LogP contribution in [0.3, 0.4) is 0 Å². The van der Waals surface area contributed by atoms with Gasteiger partial charge in [0.2, 0.25) is 5.78 Å². The Labute approximate surface area is 152 Å². The van der Waals surface area contributed by atoms with Crippen LogP contribution in [0.4, 0.5) is 26.3 Å². The lowest BCUT2D eigenvalue weighted by Crippen LogP contribution is -2.24. The Morgan fingerprint density at radius 1 is 1.15 bits per heavy atom. The fourth-order valence-corrected chi connectivity index (χ4v) is 3.45. The molecular formula is C16H7ClF6O2S. The van der Waals surface area contributed by atoms with Crippen LogP contribution < -0.4 is 4.74 Å². The van der Waals surface area contributed by atoms with Gasteiger partial charge < -0.3 is 4.74 Å². The third-order valence-corrected chi connectivity index (χ3v) is 4.49. The van der Waals surface area contributed by atoms with Gasteiger partial charge in [-0.2, -0.15) is 22.0 Å². The minimum absolute atomic E-state index is 0.0256. The molecule has 0 heterocycles. The van der Waals surface area contributed by atoms with E-state index in [9.17, 15) is 31.1 Å². The highest BCUT2D eigenvalue weighted by Crippen LogP contribution is 2.48. The summed E-state index contributed by atoms with van der Waals surface area (Å²) in [6.45, 7) is 0. The fraction of sp³-hybridized carbons (Fsp3) is 0.188. The lowest BCUT2D eigenvalue weighted by atomic mass is 10.1. The van der Waals surface area contributed by atoms with Gasteiger partial charge >= 0.3 is 11.4 Å². The molecular weight excluding hydrogens is 406 g/mol. The van der Waals surface area contributed by atoms with Crippen LogP contribution in [-0.2, 0) is 6.42 Å². The minimum Gasteiger partial charge on any atom is -0.457 e. The first-order valence-electron chi connectivity index (χ1n) is 6.94. The fourth-order valence-electron chi connectivity index (χ4n) is 2.54. The van der Waals surface area contributed by atoms with E-state index in [1.54, 1.807) is 0 Å². The number of ether oxygens (including phenoxy) is 1. The smallest absolute Gasteiger partial charge is 0.446 e. The van der Waals surface area contributed by atoms with Crippen LogP contribution in [0.5, 0.6) is 11.5 Å². The van der Waals surface area contributed by atoms with E-state index < -0.39 is 51.7 Å². The van der Waals surface area contributed by atoms with E-state index in [2.05, 4.69) is 0 Å². The van der Waals surface area contributed by atoms with Crippen molar-refractivity contribution in [3.63, 3.8) is 0 Å². The SMILES string of the molecule is O=C1c2c(SC(F)(F)F)ccc(Oc3cc(F)cc(Cl)c3)c2CC1(F)F. The van der Waals surface area contributed by atoms with Crippen LogP contribution in [0.25, 0.3) is 0 Å². The van der Waals surface area contributed by atoms with Gasteiger partial charge in [-0.15, -0.1) is 0 Å². The Hall–Kier alpha value is -1.87. The number of thioether (sulfide) groups is 1. The Balaban J connectivity index is 2.07. The molecule has 26 heavy (non-hydrogen) atoms. The zero-order chi connectivity index (χ0) is 19.3. The average molecular weight is 413 g/mol. The van der Waals surface area contributed by atoms with Crippen molar-refractivity contribution in [2.45, 2.75) is 22.7 Å². The number of Topliss-reactive ketones (excluding diaryl/α,β-unsaturated/α-hetero) is 1. The molecule has 0 saturated carbocycles. The summed E-state index contributed by atoms with van der Waals surface area (Å²) in [7, 11) is 0. The Morgan fingerprint density at radius 3 is 2.46 bits per heavy atom. The van der Waals surface area contributed by atoms with Gasteiger partial charge in [0.15, 0.2) is 0 Å². The van der Waals surface area contributed by atoms with E-state index in [0.717, 1.165) is 24.3 Å². The van der Waals surface area contributed by atoms with Crippen LogP contribution >= 0.6 is 23.4 Å². The summed E-state index contributed by atoms with van der Waals surface area (Å²) in [5.41, 5.74) is -5.86. The number of fused-ring (bicyclic) bond motifs is 1. The van der Waals surface area contributed by atoms with Crippen LogP contribution in [0.1, 0.15) is 15.9 Å². The first-order valence-corrected chi connectivity index (χ1v) is 8.14. The lowest BCUT2D eigenvalue weighted by Gasteiger charge is -2.14. The van der Waals surface area contributed by atoms with Gasteiger partial charge in [0, 0.05) is 33.5 Å². The van der Waals surface area contributed by atoms with E-state index in [1.165, 1.54) is 6.07 Å². The largest absolute Gasteiger partial charge is 0.457 e. The number of rotatable bonds is 3. The van der Waals surface area contributed by atoms with Gasteiger partial charge in [-0.05, 0) is 36.0 Å². The highest BCUT2D eigenvalue weighted by atomic mass is 35.5. The molecule has 2 aromatic carbocycles. The Bertz CT molecular complexity index is 877. The second-order valence-corrected chi connectivity index (χ2v) is 6.92. The number of hydrogen-bond acceptors (Lipinski definition) is 3. The third kappa shape index (κ3) is 3.78. The van der Waals surface area contributed by atoms with Crippen molar-refractivity contribution in [1.82, 2.24) is 0 Å². The topological polar surface area (TPSA) is 26.3 Å². The normalized spacial score (nSPS) is 15.9. The summed E-state index contributed by atoms with van der Waals surface area (Å²) >= 11 is 5.02. The van der Waals surface area contributed by atoms with Crippen LogP contribution in [0, 0.1) is 5.82 Å². The molecule has 0 amide bonds. The Kier molecular flexibility index (Phi) is 4.64. The molecule has 10 heteroatoms.